The molecule has 2 heterocycles. The van der Waals surface area contributed by atoms with E-state index >= 15 is 0 Å². The van der Waals surface area contributed by atoms with Gasteiger partial charge in [0.25, 0.3) is 0 Å². The maximum atomic E-state index is 11.9. The van der Waals surface area contributed by atoms with Crippen LogP contribution in [-0.4, -0.2) is 28.2 Å². The molecule has 3 aromatic rings. The van der Waals surface area contributed by atoms with Crippen molar-refractivity contribution in [3.63, 3.8) is 0 Å². The van der Waals surface area contributed by atoms with Crippen molar-refractivity contribution in [2.75, 3.05) is 6.61 Å². The number of ether oxygens (including phenoxy) is 2. The number of carbonyl (C=O) groups is 2. The van der Waals surface area contributed by atoms with Crippen LogP contribution in [0.3, 0.4) is 0 Å². The molecule has 7 heteroatoms. The topological polar surface area (TPSA) is 69.9 Å². The largest absolute Gasteiger partial charge is 0.466 e. The molecule has 0 aliphatic carbocycles. The Morgan fingerprint density at radius 1 is 1.13 bits per heavy atom. The van der Waals surface area contributed by atoms with E-state index in [9.17, 15) is 9.59 Å². The highest BCUT2D eigenvalue weighted by Gasteiger charge is 2.20. The van der Waals surface area contributed by atoms with Crippen molar-refractivity contribution in [2.24, 2.45) is 0 Å². The molecular weight excluding hydrogens is 416 g/mol. The molecule has 0 spiro atoms. The average molecular weight is 443 g/mol. The predicted octanol–water partition coefficient (Wildman–Crippen LogP) is 5.17. The van der Waals surface area contributed by atoms with Gasteiger partial charge in [-0.3, -0.25) is 9.59 Å². The van der Waals surface area contributed by atoms with Gasteiger partial charge >= 0.3 is 11.9 Å². The number of carbonyl (C=O) groups excluding carboxylic acids is 2. The molecule has 0 fully saturated rings. The van der Waals surface area contributed by atoms with Crippen LogP contribution >= 0.6 is 11.6 Å². The fourth-order valence-electron chi connectivity index (χ4n) is 3.69. The second kappa shape index (κ2) is 10.4. The average Bonchev–Trinajstić information content (AvgIpc) is 3.14. The molecule has 2 aromatic heterocycles. The lowest BCUT2D eigenvalue weighted by molar-refractivity contribution is -0.143. The Kier molecular flexibility index (Phi) is 7.69. The number of halogens is 1. The number of rotatable bonds is 9. The van der Waals surface area contributed by atoms with Gasteiger partial charge in [-0.15, -0.1) is 0 Å². The van der Waals surface area contributed by atoms with E-state index < -0.39 is 0 Å². The summed E-state index contributed by atoms with van der Waals surface area (Å²) in [6.45, 7) is 5.67. The van der Waals surface area contributed by atoms with Crippen molar-refractivity contribution in [1.82, 2.24) is 9.61 Å². The van der Waals surface area contributed by atoms with E-state index in [-0.39, 0.29) is 18.5 Å². The highest BCUT2D eigenvalue weighted by atomic mass is 35.5. The van der Waals surface area contributed by atoms with Gasteiger partial charge in [0.05, 0.1) is 12.1 Å². The van der Waals surface area contributed by atoms with E-state index in [0.717, 1.165) is 34.3 Å². The number of benzene rings is 1. The molecule has 31 heavy (non-hydrogen) atoms. The highest BCUT2D eigenvalue weighted by Crippen LogP contribution is 2.34. The molecule has 1 aromatic carbocycles. The predicted molar refractivity (Wildman–Crippen MR) is 120 cm³/mol. The minimum atomic E-state index is -0.369. The molecule has 164 valence electrons. The molecule has 6 nitrogen and oxygen atoms in total. The Morgan fingerprint density at radius 2 is 1.94 bits per heavy atom. The van der Waals surface area contributed by atoms with Crippen LogP contribution < -0.4 is 0 Å². The van der Waals surface area contributed by atoms with Crippen molar-refractivity contribution < 1.29 is 19.1 Å². The number of esters is 2. The summed E-state index contributed by atoms with van der Waals surface area (Å²) in [6.07, 6.45) is 2.31. The lowest BCUT2D eigenvalue weighted by Gasteiger charge is -2.17. The third-order valence-corrected chi connectivity index (χ3v) is 5.30. The van der Waals surface area contributed by atoms with Gasteiger partial charge in [0.2, 0.25) is 0 Å². The summed E-state index contributed by atoms with van der Waals surface area (Å²) >= 11 is 6.30. The van der Waals surface area contributed by atoms with E-state index in [1.165, 1.54) is 6.92 Å². The van der Waals surface area contributed by atoms with Crippen LogP contribution in [0.5, 0.6) is 0 Å². The summed E-state index contributed by atoms with van der Waals surface area (Å²) in [5.41, 5.74) is 5.57. The van der Waals surface area contributed by atoms with Gasteiger partial charge in [-0.1, -0.05) is 30.7 Å². The van der Waals surface area contributed by atoms with Gasteiger partial charge in [0.1, 0.15) is 12.3 Å². The van der Waals surface area contributed by atoms with Gasteiger partial charge in [-0.2, -0.15) is 5.10 Å². The smallest absolute Gasteiger partial charge is 0.305 e. The quantitative estimate of drug-likeness (QED) is 0.428. The van der Waals surface area contributed by atoms with Crippen LogP contribution in [0.2, 0.25) is 5.02 Å². The van der Waals surface area contributed by atoms with Crippen LogP contribution in [0, 0.1) is 0 Å². The van der Waals surface area contributed by atoms with E-state index in [2.05, 4.69) is 6.92 Å². The first-order valence-electron chi connectivity index (χ1n) is 10.5. The fourth-order valence-corrected chi connectivity index (χ4v) is 3.88. The Balaban J connectivity index is 2.15. The number of aryl methyl sites for hydroxylation is 1. The third kappa shape index (κ3) is 5.44. The summed E-state index contributed by atoms with van der Waals surface area (Å²) in [5, 5.41) is 5.44. The van der Waals surface area contributed by atoms with Gasteiger partial charge in [-0.05, 0) is 61.6 Å². The number of nitrogens with zero attached hydrogens (tertiary/aromatic N) is 2. The SMILES string of the molecule is CCOC(=O)CCCc1c(COC(C)=O)nn2c(CC)ccc2c1-c1cccc(Cl)c1. The maximum Gasteiger partial charge on any atom is 0.305 e. The molecule has 0 N–H and O–H groups in total. The first-order valence-corrected chi connectivity index (χ1v) is 10.9. The molecule has 3 rings (SSSR count). The van der Waals surface area contributed by atoms with Gasteiger partial charge in [-0.25, -0.2) is 4.52 Å². The Morgan fingerprint density at radius 3 is 2.61 bits per heavy atom. The monoisotopic (exact) mass is 442 g/mol. The van der Waals surface area contributed by atoms with Crippen molar-refractivity contribution in [3.8, 4) is 11.1 Å². The number of fused-ring (bicyclic) bond motifs is 1. The zero-order valence-corrected chi connectivity index (χ0v) is 18.9. The van der Waals surface area contributed by atoms with E-state index in [0.29, 0.717) is 36.6 Å². The Labute approximate surface area is 187 Å². The lowest BCUT2D eigenvalue weighted by atomic mass is 9.94. The second-order valence-corrected chi connectivity index (χ2v) is 7.66. The van der Waals surface area contributed by atoms with Crippen LogP contribution in [0.25, 0.3) is 16.6 Å². The van der Waals surface area contributed by atoms with Gasteiger partial charge < -0.3 is 9.47 Å². The second-order valence-electron chi connectivity index (χ2n) is 7.22. The third-order valence-electron chi connectivity index (χ3n) is 5.06. The molecule has 0 unspecified atom stereocenters. The summed E-state index contributed by atoms with van der Waals surface area (Å²) in [4.78, 5) is 23.4. The minimum Gasteiger partial charge on any atom is -0.466 e. The standard InChI is InChI=1S/C24H27ClN2O4/c1-4-19-12-13-22-24(17-8-6-9-18(25)14-17)20(10-7-11-23(29)30-5-2)21(26-27(19)22)15-31-16(3)28/h6,8-9,12-14H,4-5,7,10-11,15H2,1-3H3. The zero-order chi connectivity index (χ0) is 22.4. The van der Waals surface area contributed by atoms with Crippen molar-refractivity contribution in [3.05, 3.63) is 58.4 Å². The number of hydrogen-bond donors (Lipinski definition) is 0. The van der Waals surface area contributed by atoms with Crippen molar-refractivity contribution in [2.45, 2.75) is 53.1 Å². The minimum absolute atomic E-state index is 0.0644. The molecule has 0 saturated carbocycles. The molecule has 0 radical (unpaired) electrons. The summed E-state index contributed by atoms with van der Waals surface area (Å²) in [6, 6.07) is 11.8. The summed E-state index contributed by atoms with van der Waals surface area (Å²) < 4.78 is 12.3. The van der Waals surface area contributed by atoms with E-state index in [1.54, 1.807) is 6.92 Å². The number of aromatic nitrogens is 2. The molecule has 0 saturated heterocycles. The maximum absolute atomic E-state index is 11.9. The molecular formula is C24H27ClN2O4. The summed E-state index contributed by atoms with van der Waals surface area (Å²) in [7, 11) is 0. The lowest BCUT2D eigenvalue weighted by Crippen LogP contribution is -2.12. The van der Waals surface area contributed by atoms with E-state index in [1.807, 2.05) is 40.9 Å². The first kappa shape index (κ1) is 22.8. The molecule has 0 atom stereocenters. The van der Waals surface area contributed by atoms with Gasteiger partial charge in [0.15, 0.2) is 0 Å². The molecule has 0 aliphatic rings. The Hall–Kier alpha value is -2.86. The fraction of sp³-hybridized carbons (Fsp3) is 0.375. The molecule has 0 bridgehead atoms. The highest BCUT2D eigenvalue weighted by molar-refractivity contribution is 6.30. The molecule has 0 amide bonds. The van der Waals surface area contributed by atoms with Crippen LogP contribution in [0.4, 0.5) is 0 Å². The van der Waals surface area contributed by atoms with Crippen LogP contribution in [-0.2, 0) is 38.5 Å². The van der Waals surface area contributed by atoms with Crippen LogP contribution in [0.1, 0.15) is 50.6 Å². The normalized spacial score (nSPS) is 11.0. The first-order chi connectivity index (χ1) is 14.9. The number of hydrogen-bond acceptors (Lipinski definition) is 5. The van der Waals surface area contributed by atoms with Crippen molar-refractivity contribution in [1.29, 1.82) is 0 Å². The molecule has 0 aliphatic heterocycles. The van der Waals surface area contributed by atoms with Crippen molar-refractivity contribution >= 4 is 29.1 Å². The Bertz CT molecular complexity index is 1090. The van der Waals surface area contributed by atoms with Gasteiger partial charge in [0, 0.05) is 29.6 Å². The summed E-state index contributed by atoms with van der Waals surface area (Å²) in [5.74, 6) is -0.592. The zero-order valence-electron chi connectivity index (χ0n) is 18.1. The van der Waals surface area contributed by atoms with Crippen LogP contribution in [0.15, 0.2) is 36.4 Å². The van der Waals surface area contributed by atoms with E-state index in [4.69, 9.17) is 26.2 Å².